The lowest BCUT2D eigenvalue weighted by molar-refractivity contribution is 0.416. The van der Waals surface area contributed by atoms with Gasteiger partial charge >= 0.3 is 0 Å². The van der Waals surface area contributed by atoms with Crippen molar-refractivity contribution in [1.29, 1.82) is 0 Å². The molecule has 1 atom stereocenters. The van der Waals surface area contributed by atoms with Gasteiger partial charge in [-0.3, -0.25) is 0 Å². The Morgan fingerprint density at radius 3 is 2.40 bits per heavy atom. The van der Waals surface area contributed by atoms with Crippen molar-refractivity contribution in [3.05, 3.63) is 35.9 Å². The van der Waals surface area contributed by atoms with Gasteiger partial charge in [0.15, 0.2) is 0 Å². The highest BCUT2D eigenvalue weighted by Crippen LogP contribution is 2.27. The molecule has 1 aromatic rings. The number of thioether (sulfide) groups is 1. The molecular formula is C13H21NS. The summed E-state index contributed by atoms with van der Waals surface area (Å²) in [5.41, 5.74) is 7.58. The second kappa shape index (κ2) is 6.19. The smallest absolute Gasteiger partial charge is 0.0414 e. The van der Waals surface area contributed by atoms with E-state index in [1.807, 2.05) is 17.8 Å². The van der Waals surface area contributed by atoms with E-state index in [1.165, 1.54) is 11.3 Å². The van der Waals surface area contributed by atoms with E-state index in [9.17, 15) is 0 Å². The quantitative estimate of drug-likeness (QED) is 0.748. The van der Waals surface area contributed by atoms with Crippen molar-refractivity contribution >= 4 is 11.8 Å². The summed E-state index contributed by atoms with van der Waals surface area (Å²) in [7, 11) is 0. The topological polar surface area (TPSA) is 26.0 Å². The summed E-state index contributed by atoms with van der Waals surface area (Å²) in [6.45, 7) is 4.36. The lowest BCUT2D eigenvalue weighted by Gasteiger charge is -2.28. The van der Waals surface area contributed by atoms with Crippen LogP contribution in [0.5, 0.6) is 0 Å². The van der Waals surface area contributed by atoms with Gasteiger partial charge in [-0.25, -0.2) is 0 Å². The first kappa shape index (κ1) is 12.6. The SMILES string of the molecule is CCSCCC(N)(CC)c1ccccc1. The highest BCUT2D eigenvalue weighted by Gasteiger charge is 2.23. The molecule has 2 N–H and O–H groups in total. The molecule has 1 rings (SSSR count). The van der Waals surface area contributed by atoms with E-state index in [0.717, 1.165) is 18.6 Å². The van der Waals surface area contributed by atoms with Crippen molar-refractivity contribution in [1.82, 2.24) is 0 Å². The molecule has 15 heavy (non-hydrogen) atoms. The van der Waals surface area contributed by atoms with Crippen LogP contribution in [-0.2, 0) is 5.54 Å². The van der Waals surface area contributed by atoms with E-state index < -0.39 is 0 Å². The molecule has 0 saturated heterocycles. The van der Waals surface area contributed by atoms with Gasteiger partial charge in [0.25, 0.3) is 0 Å². The molecule has 0 radical (unpaired) electrons. The fourth-order valence-electron chi connectivity index (χ4n) is 1.69. The summed E-state index contributed by atoms with van der Waals surface area (Å²) >= 11 is 1.97. The molecule has 0 aliphatic carbocycles. The molecule has 0 amide bonds. The zero-order valence-corrected chi connectivity index (χ0v) is 10.5. The zero-order chi connectivity index (χ0) is 11.1. The summed E-state index contributed by atoms with van der Waals surface area (Å²) in [6, 6.07) is 10.5. The number of benzene rings is 1. The van der Waals surface area contributed by atoms with Crippen molar-refractivity contribution < 1.29 is 0 Å². The summed E-state index contributed by atoms with van der Waals surface area (Å²) < 4.78 is 0. The van der Waals surface area contributed by atoms with E-state index in [1.54, 1.807) is 0 Å². The Hall–Kier alpha value is -0.470. The molecular weight excluding hydrogens is 202 g/mol. The maximum absolute atomic E-state index is 6.45. The lowest BCUT2D eigenvalue weighted by Crippen LogP contribution is -2.36. The van der Waals surface area contributed by atoms with Crippen LogP contribution in [0.25, 0.3) is 0 Å². The predicted octanol–water partition coefficient (Wildman–Crippen LogP) is 3.39. The van der Waals surface area contributed by atoms with Crippen LogP contribution in [0.15, 0.2) is 30.3 Å². The van der Waals surface area contributed by atoms with Crippen LogP contribution in [0.4, 0.5) is 0 Å². The van der Waals surface area contributed by atoms with Crippen molar-refractivity contribution in [2.24, 2.45) is 5.73 Å². The fraction of sp³-hybridized carbons (Fsp3) is 0.538. The Kier molecular flexibility index (Phi) is 5.20. The lowest BCUT2D eigenvalue weighted by atomic mass is 9.86. The summed E-state index contributed by atoms with van der Waals surface area (Å²) in [5, 5.41) is 0. The van der Waals surface area contributed by atoms with Crippen LogP contribution >= 0.6 is 11.8 Å². The van der Waals surface area contributed by atoms with Gasteiger partial charge in [0, 0.05) is 5.54 Å². The molecule has 84 valence electrons. The minimum atomic E-state index is -0.135. The van der Waals surface area contributed by atoms with Gasteiger partial charge in [0.05, 0.1) is 0 Å². The molecule has 0 spiro atoms. The molecule has 2 heteroatoms. The van der Waals surface area contributed by atoms with Crippen molar-refractivity contribution in [3.8, 4) is 0 Å². The maximum Gasteiger partial charge on any atom is 0.0414 e. The van der Waals surface area contributed by atoms with Crippen LogP contribution in [0, 0.1) is 0 Å². The van der Waals surface area contributed by atoms with Crippen LogP contribution in [0.3, 0.4) is 0 Å². The molecule has 0 fully saturated rings. The van der Waals surface area contributed by atoms with E-state index in [-0.39, 0.29) is 5.54 Å². The minimum absolute atomic E-state index is 0.135. The first-order valence-corrected chi connectivity index (χ1v) is 6.80. The maximum atomic E-state index is 6.45. The monoisotopic (exact) mass is 223 g/mol. The van der Waals surface area contributed by atoms with E-state index in [2.05, 4.69) is 38.1 Å². The highest BCUT2D eigenvalue weighted by molar-refractivity contribution is 7.99. The molecule has 1 nitrogen and oxygen atoms in total. The molecule has 0 heterocycles. The third-order valence-electron chi connectivity index (χ3n) is 2.88. The Morgan fingerprint density at radius 1 is 1.20 bits per heavy atom. The average molecular weight is 223 g/mol. The van der Waals surface area contributed by atoms with Gasteiger partial charge in [0.2, 0.25) is 0 Å². The Bertz CT molecular complexity index is 273. The number of nitrogens with two attached hydrogens (primary N) is 1. The number of hydrogen-bond donors (Lipinski definition) is 1. The third kappa shape index (κ3) is 3.54. The average Bonchev–Trinajstić information content (AvgIpc) is 2.30. The van der Waals surface area contributed by atoms with Crippen LogP contribution in [0.1, 0.15) is 32.3 Å². The number of rotatable bonds is 6. The minimum Gasteiger partial charge on any atom is -0.321 e. The zero-order valence-electron chi connectivity index (χ0n) is 9.70. The van der Waals surface area contributed by atoms with Gasteiger partial charge in [-0.1, -0.05) is 44.2 Å². The molecule has 0 aliphatic heterocycles. The van der Waals surface area contributed by atoms with E-state index >= 15 is 0 Å². The third-order valence-corrected chi connectivity index (χ3v) is 3.78. The first-order valence-electron chi connectivity index (χ1n) is 5.65. The normalized spacial score (nSPS) is 14.9. The first-order chi connectivity index (χ1) is 7.23. The van der Waals surface area contributed by atoms with Crippen LogP contribution < -0.4 is 5.73 Å². The van der Waals surface area contributed by atoms with E-state index in [4.69, 9.17) is 5.73 Å². The Balaban J connectivity index is 2.67. The van der Waals surface area contributed by atoms with Gasteiger partial charge in [-0.05, 0) is 29.9 Å². The van der Waals surface area contributed by atoms with Crippen molar-refractivity contribution in [2.45, 2.75) is 32.2 Å². The molecule has 0 aromatic heterocycles. The van der Waals surface area contributed by atoms with Crippen LogP contribution in [-0.4, -0.2) is 11.5 Å². The molecule has 0 saturated carbocycles. The Morgan fingerprint density at radius 2 is 1.87 bits per heavy atom. The van der Waals surface area contributed by atoms with Crippen LogP contribution in [0.2, 0.25) is 0 Å². The van der Waals surface area contributed by atoms with Gasteiger partial charge in [0.1, 0.15) is 0 Å². The second-order valence-electron chi connectivity index (χ2n) is 3.82. The molecule has 1 unspecified atom stereocenters. The summed E-state index contributed by atoms with van der Waals surface area (Å²) in [5.74, 6) is 2.32. The summed E-state index contributed by atoms with van der Waals surface area (Å²) in [4.78, 5) is 0. The highest BCUT2D eigenvalue weighted by atomic mass is 32.2. The molecule has 0 bridgehead atoms. The fourth-order valence-corrected chi connectivity index (χ4v) is 2.49. The second-order valence-corrected chi connectivity index (χ2v) is 5.22. The van der Waals surface area contributed by atoms with Gasteiger partial charge in [-0.2, -0.15) is 11.8 Å². The van der Waals surface area contributed by atoms with Crippen molar-refractivity contribution in [3.63, 3.8) is 0 Å². The predicted molar refractivity (Wildman–Crippen MR) is 70.2 cm³/mol. The van der Waals surface area contributed by atoms with Gasteiger partial charge < -0.3 is 5.73 Å². The largest absolute Gasteiger partial charge is 0.321 e. The Labute approximate surface area is 97.4 Å². The molecule has 0 aliphatic rings. The van der Waals surface area contributed by atoms with E-state index in [0.29, 0.717) is 0 Å². The number of hydrogen-bond acceptors (Lipinski definition) is 2. The summed E-state index contributed by atoms with van der Waals surface area (Å²) in [6.07, 6.45) is 2.06. The van der Waals surface area contributed by atoms with Gasteiger partial charge in [-0.15, -0.1) is 0 Å². The standard InChI is InChI=1S/C13H21NS/c1-3-13(14,10-11-15-4-2)12-8-6-5-7-9-12/h5-9H,3-4,10-11,14H2,1-2H3. The van der Waals surface area contributed by atoms with Crippen molar-refractivity contribution in [2.75, 3.05) is 11.5 Å². The molecule has 1 aromatic carbocycles.